The van der Waals surface area contributed by atoms with Gasteiger partial charge in [-0.05, 0) is 43.2 Å². The van der Waals surface area contributed by atoms with Crippen LogP contribution >= 0.6 is 23.4 Å². The number of halogens is 1. The highest BCUT2D eigenvalue weighted by Gasteiger charge is 2.17. The van der Waals surface area contributed by atoms with Crippen LogP contribution in [-0.4, -0.2) is 30.8 Å². The Kier molecular flexibility index (Phi) is 6.50. The molecule has 0 fully saturated rings. The van der Waals surface area contributed by atoms with Crippen molar-refractivity contribution in [3.05, 3.63) is 70.1 Å². The van der Waals surface area contributed by atoms with Crippen LogP contribution in [0.4, 0.5) is 0 Å². The quantitative estimate of drug-likeness (QED) is 0.534. The van der Waals surface area contributed by atoms with Gasteiger partial charge in [0.2, 0.25) is 0 Å². The van der Waals surface area contributed by atoms with Gasteiger partial charge in [0.05, 0.1) is 22.0 Å². The minimum Gasteiger partial charge on any atom is -0.486 e. The molecule has 0 atom stereocenters. The molecular weight excluding hydrogens is 424 g/mol. The first-order valence-corrected chi connectivity index (χ1v) is 11.0. The molecule has 4 rings (SSSR count). The van der Waals surface area contributed by atoms with Gasteiger partial charge in [-0.3, -0.25) is 4.79 Å². The summed E-state index contributed by atoms with van der Waals surface area (Å²) >= 11 is 7.83. The maximum atomic E-state index is 12.7. The van der Waals surface area contributed by atoms with E-state index < -0.39 is 0 Å². The Hall–Kier alpha value is -2.64. The molecular formula is C22H21ClN2O4S. The van der Waals surface area contributed by atoms with Crippen molar-refractivity contribution >= 4 is 29.3 Å². The monoisotopic (exact) mass is 444 g/mol. The largest absolute Gasteiger partial charge is 0.486 e. The second-order valence-corrected chi connectivity index (χ2v) is 8.25. The molecule has 1 aliphatic heterocycles. The van der Waals surface area contributed by atoms with Crippen LogP contribution in [0, 0.1) is 6.92 Å². The van der Waals surface area contributed by atoms with E-state index in [1.54, 1.807) is 11.8 Å². The second kappa shape index (κ2) is 9.45. The zero-order valence-electron chi connectivity index (χ0n) is 16.4. The van der Waals surface area contributed by atoms with Crippen molar-refractivity contribution in [2.75, 3.05) is 19.8 Å². The minimum absolute atomic E-state index is 0.115. The van der Waals surface area contributed by atoms with Crippen LogP contribution in [0.25, 0.3) is 0 Å². The number of benzene rings is 2. The van der Waals surface area contributed by atoms with Gasteiger partial charge in [-0.1, -0.05) is 28.9 Å². The fraction of sp³-hybridized carbons (Fsp3) is 0.273. The number of amides is 1. The lowest BCUT2D eigenvalue weighted by molar-refractivity contribution is 0.0951. The number of carbonyl (C=O) groups is 1. The zero-order valence-corrected chi connectivity index (χ0v) is 18.0. The van der Waals surface area contributed by atoms with Crippen LogP contribution in [0.3, 0.4) is 0 Å². The molecule has 0 saturated carbocycles. The minimum atomic E-state index is -0.115. The first-order valence-electron chi connectivity index (χ1n) is 9.60. The number of ether oxygens (including phenoxy) is 2. The smallest absolute Gasteiger partial charge is 0.252 e. The Labute approximate surface area is 183 Å². The maximum Gasteiger partial charge on any atom is 0.252 e. The molecule has 1 N–H and O–H groups in total. The molecule has 1 aliphatic rings. The van der Waals surface area contributed by atoms with E-state index in [1.807, 2.05) is 49.4 Å². The van der Waals surface area contributed by atoms with E-state index in [2.05, 4.69) is 10.5 Å². The van der Waals surface area contributed by atoms with Crippen LogP contribution in [0.15, 0.2) is 51.9 Å². The van der Waals surface area contributed by atoms with Crippen molar-refractivity contribution in [2.24, 2.45) is 0 Å². The Morgan fingerprint density at radius 3 is 2.87 bits per heavy atom. The molecule has 0 unspecified atom stereocenters. The van der Waals surface area contributed by atoms with E-state index in [-0.39, 0.29) is 5.91 Å². The third-order valence-electron chi connectivity index (χ3n) is 4.53. The third kappa shape index (κ3) is 4.91. The van der Waals surface area contributed by atoms with Crippen molar-refractivity contribution in [3.63, 3.8) is 0 Å². The number of carbonyl (C=O) groups excluding carboxylic acids is 1. The summed E-state index contributed by atoms with van der Waals surface area (Å²) < 4.78 is 16.4. The Morgan fingerprint density at radius 2 is 2.03 bits per heavy atom. The number of aryl methyl sites for hydroxylation is 1. The van der Waals surface area contributed by atoms with Crippen LogP contribution < -0.4 is 14.8 Å². The highest BCUT2D eigenvalue weighted by molar-refractivity contribution is 7.98. The number of nitrogens with one attached hydrogen (secondary N) is 1. The standard InChI is InChI=1S/C22H21ClN2O4S/c1-14-10-16(29-25-14)13-30-20-5-3-2-4-17(20)22(26)24-7-6-15-11-18(23)21-19(12-15)27-8-9-28-21/h2-5,10-12H,6-9,13H2,1H3,(H,24,26). The number of hydrogen-bond donors (Lipinski definition) is 1. The fourth-order valence-electron chi connectivity index (χ4n) is 3.14. The van der Waals surface area contributed by atoms with Crippen molar-refractivity contribution in [1.29, 1.82) is 0 Å². The highest BCUT2D eigenvalue weighted by Crippen LogP contribution is 2.38. The molecule has 1 aromatic heterocycles. The predicted molar refractivity (Wildman–Crippen MR) is 116 cm³/mol. The molecule has 30 heavy (non-hydrogen) atoms. The Balaban J connectivity index is 1.36. The number of nitrogens with zero attached hydrogens (tertiary/aromatic N) is 1. The molecule has 2 heterocycles. The molecule has 8 heteroatoms. The van der Waals surface area contributed by atoms with Crippen LogP contribution in [-0.2, 0) is 12.2 Å². The van der Waals surface area contributed by atoms with Gasteiger partial charge in [0, 0.05) is 17.5 Å². The average molecular weight is 445 g/mol. The zero-order chi connectivity index (χ0) is 20.9. The maximum absolute atomic E-state index is 12.7. The summed E-state index contributed by atoms with van der Waals surface area (Å²) in [4.78, 5) is 13.6. The molecule has 0 saturated heterocycles. The van der Waals surface area contributed by atoms with Crippen molar-refractivity contribution in [1.82, 2.24) is 10.5 Å². The SMILES string of the molecule is Cc1cc(CSc2ccccc2C(=O)NCCc2cc(Cl)c3c(c2)OCCO3)on1. The molecule has 6 nitrogen and oxygen atoms in total. The van der Waals surface area contributed by atoms with E-state index in [0.717, 1.165) is 21.9 Å². The van der Waals surface area contributed by atoms with E-state index in [4.69, 9.17) is 25.6 Å². The number of hydrogen-bond acceptors (Lipinski definition) is 6. The van der Waals surface area contributed by atoms with E-state index in [0.29, 0.717) is 54.0 Å². The summed E-state index contributed by atoms with van der Waals surface area (Å²) in [7, 11) is 0. The summed E-state index contributed by atoms with van der Waals surface area (Å²) in [5.74, 6) is 2.52. The lowest BCUT2D eigenvalue weighted by Gasteiger charge is -2.20. The molecule has 3 aromatic rings. The summed E-state index contributed by atoms with van der Waals surface area (Å²) in [6, 6.07) is 13.2. The topological polar surface area (TPSA) is 73.6 Å². The molecule has 0 bridgehead atoms. The van der Waals surface area contributed by atoms with E-state index in [1.165, 1.54) is 0 Å². The van der Waals surface area contributed by atoms with Crippen molar-refractivity contribution in [2.45, 2.75) is 24.0 Å². The van der Waals surface area contributed by atoms with Gasteiger partial charge >= 0.3 is 0 Å². The Bertz CT molecular complexity index is 1050. The number of thioether (sulfide) groups is 1. The predicted octanol–water partition coefficient (Wildman–Crippen LogP) is 4.67. The second-order valence-electron chi connectivity index (χ2n) is 6.83. The van der Waals surface area contributed by atoms with Gasteiger partial charge < -0.3 is 19.3 Å². The molecule has 0 aliphatic carbocycles. The van der Waals surface area contributed by atoms with Gasteiger partial charge in [-0.2, -0.15) is 0 Å². The van der Waals surface area contributed by atoms with E-state index in [9.17, 15) is 4.79 Å². The lowest BCUT2D eigenvalue weighted by Crippen LogP contribution is -2.26. The van der Waals surface area contributed by atoms with Gasteiger partial charge in [-0.15, -0.1) is 11.8 Å². The van der Waals surface area contributed by atoms with Crippen LogP contribution in [0.1, 0.15) is 27.4 Å². The van der Waals surface area contributed by atoms with Gasteiger partial charge in [-0.25, -0.2) is 0 Å². The average Bonchev–Trinajstić information content (AvgIpc) is 3.17. The van der Waals surface area contributed by atoms with Gasteiger partial charge in [0.15, 0.2) is 11.5 Å². The molecule has 2 aromatic carbocycles. The number of fused-ring (bicyclic) bond motifs is 1. The Morgan fingerprint density at radius 1 is 1.20 bits per heavy atom. The fourth-order valence-corrected chi connectivity index (χ4v) is 4.35. The van der Waals surface area contributed by atoms with Gasteiger partial charge in [0.1, 0.15) is 19.0 Å². The third-order valence-corrected chi connectivity index (χ3v) is 5.91. The first kappa shape index (κ1) is 20.6. The van der Waals surface area contributed by atoms with Crippen molar-refractivity contribution < 1.29 is 18.8 Å². The number of aromatic nitrogens is 1. The van der Waals surface area contributed by atoms with Crippen LogP contribution in [0.2, 0.25) is 5.02 Å². The first-order chi connectivity index (χ1) is 14.6. The summed E-state index contributed by atoms with van der Waals surface area (Å²) in [6.45, 7) is 3.37. The highest BCUT2D eigenvalue weighted by atomic mass is 35.5. The summed E-state index contributed by atoms with van der Waals surface area (Å²) in [5.41, 5.74) is 2.46. The normalized spacial score (nSPS) is 12.6. The molecule has 156 valence electrons. The summed E-state index contributed by atoms with van der Waals surface area (Å²) in [6.07, 6.45) is 0.634. The molecule has 0 radical (unpaired) electrons. The van der Waals surface area contributed by atoms with Crippen molar-refractivity contribution in [3.8, 4) is 11.5 Å². The lowest BCUT2D eigenvalue weighted by atomic mass is 10.1. The van der Waals surface area contributed by atoms with E-state index >= 15 is 0 Å². The molecule has 0 spiro atoms. The molecule has 1 amide bonds. The number of rotatable bonds is 7. The van der Waals surface area contributed by atoms with Crippen LogP contribution in [0.5, 0.6) is 11.5 Å². The van der Waals surface area contributed by atoms with Gasteiger partial charge in [0.25, 0.3) is 5.91 Å². The summed E-state index contributed by atoms with van der Waals surface area (Å²) in [5, 5.41) is 7.41.